The lowest BCUT2D eigenvalue weighted by Gasteiger charge is -2.15. The van der Waals surface area contributed by atoms with Crippen molar-refractivity contribution in [2.75, 3.05) is 13.2 Å². The molecule has 0 saturated heterocycles. The molecule has 0 saturated carbocycles. The van der Waals surface area contributed by atoms with Gasteiger partial charge in [0.15, 0.2) is 11.0 Å². The smallest absolute Gasteiger partial charge is 0.347 e. The van der Waals surface area contributed by atoms with Gasteiger partial charge in [-0.25, -0.2) is 4.79 Å². The second-order valence-electron chi connectivity index (χ2n) is 3.54. The van der Waals surface area contributed by atoms with Gasteiger partial charge in [0.2, 0.25) is 5.88 Å². The average Bonchev–Trinajstić information content (AvgIpc) is 2.26. The minimum absolute atomic E-state index is 0.0400. The van der Waals surface area contributed by atoms with Gasteiger partial charge >= 0.3 is 5.97 Å². The second-order valence-corrected chi connectivity index (χ2v) is 3.54. The molecule has 0 N–H and O–H groups in total. The molecule has 0 unspecified atom stereocenters. The Balaban J connectivity index is 3.40. The number of pyridine rings is 1. The van der Waals surface area contributed by atoms with E-state index in [0.29, 0.717) is 6.61 Å². The van der Waals surface area contributed by atoms with E-state index >= 15 is 0 Å². The normalized spacial score (nSPS) is 10.1. The van der Waals surface area contributed by atoms with E-state index in [0.717, 1.165) is 5.69 Å². The Bertz CT molecular complexity index is 476. The van der Waals surface area contributed by atoms with Gasteiger partial charge < -0.3 is 14.0 Å². The zero-order chi connectivity index (χ0) is 13.0. The van der Waals surface area contributed by atoms with Crippen molar-refractivity contribution in [2.24, 2.45) is 7.05 Å². The quantitative estimate of drug-likeness (QED) is 0.742. The summed E-state index contributed by atoms with van der Waals surface area (Å²) >= 11 is 0. The molecule has 0 spiro atoms. The minimum Gasteiger partial charge on any atom is -0.478 e. The van der Waals surface area contributed by atoms with Crippen molar-refractivity contribution in [3.63, 3.8) is 0 Å². The second kappa shape index (κ2) is 5.52. The van der Waals surface area contributed by atoms with Gasteiger partial charge in [-0.15, -0.1) is 0 Å². The first-order chi connectivity index (χ1) is 8.02. The SMILES string of the molecule is CCOC(=O)c1c(OCC)n(C)c(C)cc1=O. The van der Waals surface area contributed by atoms with Crippen LogP contribution in [0.2, 0.25) is 0 Å². The van der Waals surface area contributed by atoms with E-state index in [9.17, 15) is 9.59 Å². The lowest BCUT2D eigenvalue weighted by Crippen LogP contribution is -2.23. The maximum absolute atomic E-state index is 11.8. The summed E-state index contributed by atoms with van der Waals surface area (Å²) in [7, 11) is 1.74. The number of carbonyl (C=O) groups excluding carboxylic acids is 1. The standard InChI is InChI=1S/C12H17NO4/c1-5-16-11-10(12(15)17-6-2)9(14)7-8(3)13(11)4/h7H,5-6H2,1-4H3. The summed E-state index contributed by atoms with van der Waals surface area (Å²) < 4.78 is 11.9. The van der Waals surface area contributed by atoms with E-state index < -0.39 is 5.97 Å². The number of ether oxygens (including phenoxy) is 2. The number of carbonyl (C=O) groups is 1. The van der Waals surface area contributed by atoms with E-state index in [1.165, 1.54) is 6.07 Å². The molecule has 1 rings (SSSR count). The van der Waals surface area contributed by atoms with Crippen molar-refractivity contribution in [3.05, 3.63) is 27.5 Å². The summed E-state index contributed by atoms with van der Waals surface area (Å²) in [4.78, 5) is 23.5. The first-order valence-electron chi connectivity index (χ1n) is 5.53. The molecule has 0 aromatic carbocycles. The predicted octanol–water partition coefficient (Wildman–Crippen LogP) is 1.27. The van der Waals surface area contributed by atoms with E-state index in [1.54, 1.807) is 32.4 Å². The minimum atomic E-state index is -0.642. The summed E-state index contributed by atoms with van der Waals surface area (Å²) in [6, 6.07) is 1.40. The number of aromatic nitrogens is 1. The summed E-state index contributed by atoms with van der Waals surface area (Å²) in [6.45, 7) is 5.86. The molecule has 5 heteroatoms. The lowest BCUT2D eigenvalue weighted by molar-refractivity contribution is 0.0518. The van der Waals surface area contributed by atoms with Crippen LogP contribution < -0.4 is 10.2 Å². The van der Waals surface area contributed by atoms with Gasteiger partial charge in [0.05, 0.1) is 13.2 Å². The summed E-state index contributed by atoms with van der Waals surface area (Å²) in [6.07, 6.45) is 0. The maximum atomic E-state index is 11.8. The van der Waals surface area contributed by atoms with Gasteiger partial charge in [-0.2, -0.15) is 0 Å². The van der Waals surface area contributed by atoms with Crippen LogP contribution in [0, 0.1) is 6.92 Å². The lowest BCUT2D eigenvalue weighted by atomic mass is 10.2. The monoisotopic (exact) mass is 239 g/mol. The van der Waals surface area contributed by atoms with Crippen LogP contribution in [0.3, 0.4) is 0 Å². The number of rotatable bonds is 4. The number of aryl methyl sites for hydroxylation is 1. The Hall–Kier alpha value is -1.78. The molecule has 1 heterocycles. The van der Waals surface area contributed by atoms with Gasteiger partial charge in [0, 0.05) is 18.8 Å². The number of hydrogen-bond acceptors (Lipinski definition) is 4. The van der Waals surface area contributed by atoms with Crippen molar-refractivity contribution in [1.82, 2.24) is 4.57 Å². The van der Waals surface area contributed by atoms with E-state index in [4.69, 9.17) is 9.47 Å². The van der Waals surface area contributed by atoms with Gasteiger partial charge in [-0.3, -0.25) is 4.79 Å². The first-order valence-corrected chi connectivity index (χ1v) is 5.53. The molecule has 0 aliphatic heterocycles. The van der Waals surface area contributed by atoms with Crippen LogP contribution in [0.15, 0.2) is 10.9 Å². The third-order valence-electron chi connectivity index (χ3n) is 2.39. The fraction of sp³-hybridized carbons (Fsp3) is 0.500. The Labute approximate surface area is 100.0 Å². The summed E-state index contributed by atoms with van der Waals surface area (Å²) in [5.74, 6) is -0.382. The molecule has 1 aromatic rings. The van der Waals surface area contributed by atoms with Gasteiger partial charge in [0.25, 0.3) is 0 Å². The molecular weight excluding hydrogens is 222 g/mol. The molecule has 0 aliphatic rings. The summed E-state index contributed by atoms with van der Waals surface area (Å²) in [5.41, 5.74) is 0.316. The molecule has 0 bridgehead atoms. The molecule has 17 heavy (non-hydrogen) atoms. The zero-order valence-electron chi connectivity index (χ0n) is 10.6. The van der Waals surface area contributed by atoms with E-state index in [-0.39, 0.29) is 23.5 Å². The van der Waals surface area contributed by atoms with Gasteiger partial charge in [-0.1, -0.05) is 0 Å². The highest BCUT2D eigenvalue weighted by Crippen LogP contribution is 2.17. The van der Waals surface area contributed by atoms with Crippen LogP contribution in [0.1, 0.15) is 29.9 Å². The molecule has 1 aromatic heterocycles. The topological polar surface area (TPSA) is 57.5 Å². The molecule has 0 fully saturated rings. The number of hydrogen-bond donors (Lipinski definition) is 0. The van der Waals surface area contributed by atoms with E-state index in [2.05, 4.69) is 0 Å². The van der Waals surface area contributed by atoms with Crippen LogP contribution in [0.25, 0.3) is 0 Å². The van der Waals surface area contributed by atoms with E-state index in [1.807, 2.05) is 0 Å². The first kappa shape index (κ1) is 13.3. The highest BCUT2D eigenvalue weighted by molar-refractivity contribution is 5.91. The Morgan fingerprint density at radius 3 is 2.53 bits per heavy atom. The molecule has 0 atom stereocenters. The van der Waals surface area contributed by atoms with Crippen molar-refractivity contribution in [1.29, 1.82) is 0 Å². The fourth-order valence-corrected chi connectivity index (χ4v) is 1.49. The van der Waals surface area contributed by atoms with Gasteiger partial charge in [0.1, 0.15) is 0 Å². The van der Waals surface area contributed by atoms with Crippen molar-refractivity contribution in [2.45, 2.75) is 20.8 Å². The highest BCUT2D eigenvalue weighted by Gasteiger charge is 2.21. The summed E-state index contributed by atoms with van der Waals surface area (Å²) in [5, 5.41) is 0. The largest absolute Gasteiger partial charge is 0.478 e. The molecule has 94 valence electrons. The van der Waals surface area contributed by atoms with Crippen molar-refractivity contribution >= 4 is 5.97 Å². The van der Waals surface area contributed by atoms with Crippen LogP contribution in [-0.4, -0.2) is 23.8 Å². The highest BCUT2D eigenvalue weighted by atomic mass is 16.5. The molecule has 0 radical (unpaired) electrons. The Morgan fingerprint density at radius 2 is 2.00 bits per heavy atom. The number of esters is 1. The zero-order valence-corrected chi connectivity index (χ0v) is 10.6. The van der Waals surface area contributed by atoms with Crippen LogP contribution >= 0.6 is 0 Å². The maximum Gasteiger partial charge on any atom is 0.347 e. The van der Waals surface area contributed by atoms with Crippen LogP contribution in [0.4, 0.5) is 0 Å². The van der Waals surface area contributed by atoms with Crippen molar-refractivity contribution < 1.29 is 14.3 Å². The molecule has 5 nitrogen and oxygen atoms in total. The van der Waals surface area contributed by atoms with Crippen molar-refractivity contribution in [3.8, 4) is 5.88 Å². The van der Waals surface area contributed by atoms with Crippen LogP contribution in [-0.2, 0) is 11.8 Å². The third-order valence-corrected chi connectivity index (χ3v) is 2.39. The average molecular weight is 239 g/mol. The van der Waals surface area contributed by atoms with Gasteiger partial charge in [-0.05, 0) is 20.8 Å². The molecule has 0 aliphatic carbocycles. The Kier molecular flexibility index (Phi) is 4.31. The predicted molar refractivity (Wildman–Crippen MR) is 63.5 cm³/mol. The fourth-order valence-electron chi connectivity index (χ4n) is 1.49. The Morgan fingerprint density at radius 1 is 1.35 bits per heavy atom. The third kappa shape index (κ3) is 2.67. The molecular formula is C12H17NO4. The number of nitrogens with zero attached hydrogens (tertiary/aromatic N) is 1. The molecule has 0 amide bonds. The van der Waals surface area contributed by atoms with Crippen LogP contribution in [0.5, 0.6) is 5.88 Å².